The van der Waals surface area contributed by atoms with Gasteiger partial charge in [-0.1, -0.05) is 12.8 Å². The smallest absolute Gasteiger partial charge is 0.0882 e. The lowest BCUT2D eigenvalue weighted by Gasteiger charge is -2.48. The van der Waals surface area contributed by atoms with Crippen molar-refractivity contribution < 1.29 is 9.84 Å². The van der Waals surface area contributed by atoms with Gasteiger partial charge < -0.3 is 9.84 Å². The van der Waals surface area contributed by atoms with E-state index in [0.29, 0.717) is 19.4 Å². The number of aliphatic hydroxyl groups is 1. The number of rotatable bonds is 1. The molecular formula is C13H21NO2. The van der Waals surface area contributed by atoms with E-state index in [4.69, 9.17) is 4.74 Å². The van der Waals surface area contributed by atoms with Gasteiger partial charge in [-0.25, -0.2) is 0 Å². The van der Waals surface area contributed by atoms with Crippen molar-refractivity contribution in [1.29, 1.82) is 5.26 Å². The normalized spacial score (nSPS) is 36.9. The van der Waals surface area contributed by atoms with Crippen LogP contribution in [0.3, 0.4) is 0 Å². The van der Waals surface area contributed by atoms with Gasteiger partial charge >= 0.3 is 0 Å². The minimum absolute atomic E-state index is 0.306. The van der Waals surface area contributed by atoms with Crippen LogP contribution in [-0.4, -0.2) is 22.9 Å². The van der Waals surface area contributed by atoms with Crippen LogP contribution < -0.4 is 0 Å². The summed E-state index contributed by atoms with van der Waals surface area (Å²) in [6.45, 7) is 4.56. The van der Waals surface area contributed by atoms with Crippen molar-refractivity contribution in [2.24, 2.45) is 5.41 Å². The minimum Gasteiger partial charge on any atom is -0.388 e. The van der Waals surface area contributed by atoms with Crippen LogP contribution in [0.25, 0.3) is 0 Å². The van der Waals surface area contributed by atoms with E-state index >= 15 is 0 Å². The van der Waals surface area contributed by atoms with E-state index in [2.05, 4.69) is 6.07 Å². The highest BCUT2D eigenvalue weighted by Gasteiger charge is 2.55. The molecule has 1 unspecified atom stereocenters. The molecule has 1 aliphatic carbocycles. The van der Waals surface area contributed by atoms with Gasteiger partial charge in [0.15, 0.2) is 0 Å². The lowest BCUT2D eigenvalue weighted by Crippen LogP contribution is -2.55. The Labute approximate surface area is 97.4 Å². The summed E-state index contributed by atoms with van der Waals surface area (Å²) in [5.41, 5.74) is -1.67. The summed E-state index contributed by atoms with van der Waals surface area (Å²) in [5.74, 6) is 0. The van der Waals surface area contributed by atoms with Gasteiger partial charge in [0.25, 0.3) is 0 Å². The maximum absolute atomic E-state index is 10.9. The summed E-state index contributed by atoms with van der Waals surface area (Å²) < 4.78 is 5.64. The molecule has 0 aromatic rings. The molecule has 0 bridgehead atoms. The number of ether oxygens (including phenoxy) is 1. The first kappa shape index (κ1) is 11.9. The molecule has 0 radical (unpaired) electrons. The topological polar surface area (TPSA) is 53.2 Å². The van der Waals surface area contributed by atoms with Gasteiger partial charge in [-0.05, 0) is 26.7 Å². The van der Waals surface area contributed by atoms with E-state index in [-0.39, 0.29) is 5.60 Å². The molecule has 0 spiro atoms. The van der Waals surface area contributed by atoms with Crippen molar-refractivity contribution in [2.75, 3.05) is 6.61 Å². The average Bonchev–Trinajstić information content (AvgIpc) is 2.65. The summed E-state index contributed by atoms with van der Waals surface area (Å²) in [7, 11) is 0. The largest absolute Gasteiger partial charge is 0.388 e. The molecule has 1 aliphatic heterocycles. The summed E-state index contributed by atoms with van der Waals surface area (Å²) in [4.78, 5) is 0. The Morgan fingerprint density at radius 1 is 1.19 bits per heavy atom. The summed E-state index contributed by atoms with van der Waals surface area (Å²) >= 11 is 0. The van der Waals surface area contributed by atoms with Gasteiger partial charge in [-0.15, -0.1) is 0 Å². The zero-order chi connectivity index (χ0) is 11.9. The fourth-order valence-corrected chi connectivity index (χ4v) is 3.41. The van der Waals surface area contributed by atoms with Crippen LogP contribution >= 0.6 is 0 Å². The Bertz CT molecular complexity index is 312. The highest BCUT2D eigenvalue weighted by atomic mass is 16.5. The molecule has 1 N–H and O–H groups in total. The van der Waals surface area contributed by atoms with Crippen molar-refractivity contribution in [1.82, 2.24) is 0 Å². The molecule has 3 heteroatoms. The highest BCUT2D eigenvalue weighted by Crippen LogP contribution is 2.52. The van der Waals surface area contributed by atoms with Gasteiger partial charge in [0, 0.05) is 12.8 Å². The Morgan fingerprint density at radius 3 is 2.31 bits per heavy atom. The van der Waals surface area contributed by atoms with Crippen molar-refractivity contribution >= 4 is 0 Å². The molecule has 2 rings (SSSR count). The zero-order valence-electron chi connectivity index (χ0n) is 10.3. The average molecular weight is 223 g/mol. The molecule has 3 nitrogen and oxygen atoms in total. The molecular weight excluding hydrogens is 202 g/mol. The molecule has 0 amide bonds. The Morgan fingerprint density at radius 2 is 1.81 bits per heavy atom. The first-order valence-electron chi connectivity index (χ1n) is 6.21. The molecule has 1 saturated heterocycles. The van der Waals surface area contributed by atoms with Gasteiger partial charge in [-0.3, -0.25) is 0 Å². The van der Waals surface area contributed by atoms with Crippen LogP contribution in [0.5, 0.6) is 0 Å². The molecule has 1 heterocycles. The number of nitriles is 1. The monoisotopic (exact) mass is 223 g/mol. The van der Waals surface area contributed by atoms with Crippen LogP contribution in [0.2, 0.25) is 0 Å². The number of hydrogen-bond acceptors (Lipinski definition) is 3. The van der Waals surface area contributed by atoms with Crippen LogP contribution in [0, 0.1) is 16.7 Å². The second-order valence-electron chi connectivity index (χ2n) is 5.97. The van der Waals surface area contributed by atoms with Crippen molar-refractivity contribution in [3.05, 3.63) is 0 Å². The zero-order valence-corrected chi connectivity index (χ0v) is 10.3. The second-order valence-corrected chi connectivity index (χ2v) is 5.97. The lowest BCUT2D eigenvalue weighted by atomic mass is 9.65. The van der Waals surface area contributed by atoms with Gasteiger partial charge in [0.2, 0.25) is 0 Å². The van der Waals surface area contributed by atoms with Crippen LogP contribution in [-0.2, 0) is 4.74 Å². The second kappa shape index (κ2) is 3.72. The summed E-state index contributed by atoms with van der Waals surface area (Å²) in [6, 6.07) is 2.42. The van der Waals surface area contributed by atoms with Gasteiger partial charge in [0.05, 0.1) is 29.3 Å². The van der Waals surface area contributed by atoms with E-state index < -0.39 is 11.0 Å². The molecule has 0 aromatic carbocycles. The molecule has 0 aromatic heterocycles. The quantitative estimate of drug-likeness (QED) is 0.742. The summed E-state index contributed by atoms with van der Waals surface area (Å²) in [6.07, 6.45) is 5.00. The van der Waals surface area contributed by atoms with Crippen LogP contribution in [0.15, 0.2) is 0 Å². The molecule has 1 saturated carbocycles. The predicted molar refractivity (Wildman–Crippen MR) is 60.7 cm³/mol. The number of hydrogen-bond donors (Lipinski definition) is 1. The van der Waals surface area contributed by atoms with E-state index in [1.165, 1.54) is 0 Å². The molecule has 2 aliphatic rings. The van der Waals surface area contributed by atoms with Gasteiger partial charge in [-0.2, -0.15) is 5.26 Å². The SMILES string of the molecule is CC1(C)CC(O)(C2(C#N)CCCC2)CCO1. The summed E-state index contributed by atoms with van der Waals surface area (Å²) in [5, 5.41) is 20.3. The third-order valence-corrected chi connectivity index (χ3v) is 4.29. The van der Waals surface area contributed by atoms with E-state index in [9.17, 15) is 10.4 Å². The molecule has 16 heavy (non-hydrogen) atoms. The van der Waals surface area contributed by atoms with E-state index in [1.54, 1.807) is 0 Å². The van der Waals surface area contributed by atoms with Crippen molar-refractivity contribution in [3.63, 3.8) is 0 Å². The predicted octanol–water partition coefficient (Wildman–Crippen LogP) is 2.39. The molecule has 1 atom stereocenters. The molecule has 90 valence electrons. The van der Waals surface area contributed by atoms with E-state index in [1.807, 2.05) is 13.8 Å². The Kier molecular flexibility index (Phi) is 2.76. The van der Waals surface area contributed by atoms with Crippen LogP contribution in [0.4, 0.5) is 0 Å². The minimum atomic E-state index is -0.847. The van der Waals surface area contributed by atoms with Crippen LogP contribution in [0.1, 0.15) is 52.4 Å². The third kappa shape index (κ3) is 1.74. The maximum Gasteiger partial charge on any atom is 0.0882 e. The fraction of sp³-hybridized carbons (Fsp3) is 0.923. The first-order chi connectivity index (χ1) is 7.43. The third-order valence-electron chi connectivity index (χ3n) is 4.29. The molecule has 2 fully saturated rings. The first-order valence-corrected chi connectivity index (χ1v) is 6.21. The standard InChI is InChI=1S/C13H21NO2/c1-11(2)9-13(15,7-8-16-11)12(10-14)5-3-4-6-12/h15H,3-9H2,1-2H3. The number of nitrogens with zero attached hydrogens (tertiary/aromatic N) is 1. The van der Waals surface area contributed by atoms with Gasteiger partial charge in [0.1, 0.15) is 0 Å². The maximum atomic E-state index is 10.9. The highest BCUT2D eigenvalue weighted by molar-refractivity contribution is 5.15. The van der Waals surface area contributed by atoms with E-state index in [0.717, 1.165) is 25.7 Å². The Balaban J connectivity index is 2.27. The Hall–Kier alpha value is -0.590. The van der Waals surface area contributed by atoms with Crippen molar-refractivity contribution in [2.45, 2.75) is 63.6 Å². The fourth-order valence-electron chi connectivity index (χ4n) is 3.41. The van der Waals surface area contributed by atoms with Crippen molar-refractivity contribution in [3.8, 4) is 6.07 Å². The lowest BCUT2D eigenvalue weighted by molar-refractivity contribution is -0.180.